The lowest BCUT2D eigenvalue weighted by atomic mass is 10.00. The lowest BCUT2D eigenvalue weighted by molar-refractivity contribution is 0.0698. The second-order valence-corrected chi connectivity index (χ2v) is 7.03. The number of halogens is 2. The standard InChI is InChI=1S/C13H9F2NO4S/c14-8-3-6-11(4-9(8)15)16-10-1-2-21(19,20)5-7(10)12(6)13(17)18/h3-4H,1-2,5H2,(H,17,18). The van der Waals surface area contributed by atoms with Crippen molar-refractivity contribution in [2.75, 3.05) is 5.75 Å². The van der Waals surface area contributed by atoms with Crippen LogP contribution in [-0.2, 0) is 22.0 Å². The van der Waals surface area contributed by atoms with E-state index in [1.54, 1.807) is 0 Å². The third kappa shape index (κ3) is 2.25. The molecule has 1 aromatic heterocycles. The van der Waals surface area contributed by atoms with Gasteiger partial charge in [0, 0.05) is 29.1 Å². The van der Waals surface area contributed by atoms with Crippen LogP contribution in [0.15, 0.2) is 12.1 Å². The first kappa shape index (κ1) is 13.9. The molecule has 0 bridgehead atoms. The van der Waals surface area contributed by atoms with Gasteiger partial charge in [0.15, 0.2) is 21.5 Å². The lowest BCUT2D eigenvalue weighted by Crippen LogP contribution is -2.23. The van der Waals surface area contributed by atoms with Crippen LogP contribution in [-0.4, -0.2) is 30.2 Å². The molecule has 1 aliphatic rings. The van der Waals surface area contributed by atoms with Crippen molar-refractivity contribution in [2.24, 2.45) is 0 Å². The molecule has 0 radical (unpaired) electrons. The van der Waals surface area contributed by atoms with Crippen LogP contribution in [0.25, 0.3) is 10.9 Å². The summed E-state index contributed by atoms with van der Waals surface area (Å²) >= 11 is 0. The summed E-state index contributed by atoms with van der Waals surface area (Å²) in [5.41, 5.74) is 0.0505. The molecule has 21 heavy (non-hydrogen) atoms. The van der Waals surface area contributed by atoms with Gasteiger partial charge in [0.2, 0.25) is 0 Å². The number of hydrogen-bond acceptors (Lipinski definition) is 4. The highest BCUT2D eigenvalue weighted by molar-refractivity contribution is 7.90. The third-order valence-corrected chi connectivity index (χ3v) is 5.00. The molecule has 0 spiro atoms. The minimum atomic E-state index is -3.41. The fourth-order valence-electron chi connectivity index (χ4n) is 2.50. The van der Waals surface area contributed by atoms with Crippen molar-refractivity contribution in [3.63, 3.8) is 0 Å². The van der Waals surface area contributed by atoms with Gasteiger partial charge in [-0.15, -0.1) is 0 Å². The predicted molar refractivity (Wildman–Crippen MR) is 69.8 cm³/mol. The zero-order valence-corrected chi connectivity index (χ0v) is 11.4. The Morgan fingerprint density at radius 1 is 1.24 bits per heavy atom. The van der Waals surface area contributed by atoms with Crippen molar-refractivity contribution in [3.05, 3.63) is 40.6 Å². The maximum absolute atomic E-state index is 13.4. The van der Waals surface area contributed by atoms with Gasteiger partial charge >= 0.3 is 5.97 Å². The van der Waals surface area contributed by atoms with Crippen molar-refractivity contribution in [1.29, 1.82) is 0 Å². The van der Waals surface area contributed by atoms with Gasteiger partial charge in [-0.25, -0.2) is 22.0 Å². The maximum atomic E-state index is 13.4. The van der Waals surface area contributed by atoms with Gasteiger partial charge in [-0.05, 0) is 6.07 Å². The molecule has 2 heterocycles. The molecule has 3 rings (SSSR count). The number of benzene rings is 1. The molecule has 0 atom stereocenters. The molecule has 0 unspecified atom stereocenters. The monoisotopic (exact) mass is 313 g/mol. The number of carbonyl (C=O) groups is 1. The van der Waals surface area contributed by atoms with E-state index in [1.165, 1.54) is 0 Å². The molecule has 0 aliphatic carbocycles. The number of nitrogens with zero attached hydrogens (tertiary/aromatic N) is 1. The Morgan fingerprint density at radius 2 is 1.90 bits per heavy atom. The van der Waals surface area contributed by atoms with Crippen molar-refractivity contribution in [2.45, 2.75) is 12.2 Å². The van der Waals surface area contributed by atoms with Crippen molar-refractivity contribution in [3.8, 4) is 0 Å². The van der Waals surface area contributed by atoms with Crippen LogP contribution in [0.2, 0.25) is 0 Å². The largest absolute Gasteiger partial charge is 0.478 e. The fraction of sp³-hybridized carbons (Fsp3) is 0.231. The van der Waals surface area contributed by atoms with Crippen LogP contribution in [0.1, 0.15) is 21.6 Å². The number of carboxylic acids is 1. The Balaban J connectivity index is 2.43. The second kappa shape index (κ2) is 4.45. The molecule has 8 heteroatoms. The van der Waals surface area contributed by atoms with E-state index in [2.05, 4.69) is 4.98 Å². The SMILES string of the molecule is O=C(O)c1c2c(nc3cc(F)c(F)cc13)CCS(=O)(=O)C2. The summed E-state index contributed by atoms with van der Waals surface area (Å²) in [6.07, 6.45) is 0.0624. The van der Waals surface area contributed by atoms with E-state index in [0.717, 1.165) is 12.1 Å². The van der Waals surface area contributed by atoms with Gasteiger partial charge in [0.1, 0.15) is 0 Å². The van der Waals surface area contributed by atoms with E-state index in [-0.39, 0.29) is 34.2 Å². The molecule has 110 valence electrons. The number of aryl methyl sites for hydroxylation is 1. The zero-order chi connectivity index (χ0) is 15.4. The Hall–Kier alpha value is -2.09. The highest BCUT2D eigenvalue weighted by Gasteiger charge is 2.29. The molecular formula is C13H9F2NO4S. The average Bonchev–Trinajstić information content (AvgIpc) is 2.37. The average molecular weight is 313 g/mol. The minimum absolute atomic E-state index is 0.00403. The number of rotatable bonds is 1. The number of hydrogen-bond donors (Lipinski definition) is 1. The van der Waals surface area contributed by atoms with Gasteiger partial charge in [0.05, 0.1) is 22.6 Å². The number of pyridine rings is 1. The topological polar surface area (TPSA) is 84.3 Å². The lowest BCUT2D eigenvalue weighted by Gasteiger charge is -2.19. The summed E-state index contributed by atoms with van der Waals surface area (Å²) in [5.74, 6) is -4.31. The van der Waals surface area contributed by atoms with Gasteiger partial charge in [-0.3, -0.25) is 4.98 Å². The summed E-state index contributed by atoms with van der Waals surface area (Å²) in [6.45, 7) is 0. The Labute approximate surface area is 118 Å². The van der Waals surface area contributed by atoms with Crippen molar-refractivity contribution < 1.29 is 27.1 Å². The summed E-state index contributed by atoms with van der Waals surface area (Å²) in [7, 11) is -3.41. The summed E-state index contributed by atoms with van der Waals surface area (Å²) in [4.78, 5) is 15.5. The molecule has 1 N–H and O–H groups in total. The van der Waals surface area contributed by atoms with Crippen molar-refractivity contribution in [1.82, 2.24) is 4.98 Å². The molecule has 1 aromatic carbocycles. The molecule has 0 fully saturated rings. The van der Waals surface area contributed by atoms with Crippen LogP contribution < -0.4 is 0 Å². The summed E-state index contributed by atoms with van der Waals surface area (Å²) in [6, 6.07) is 1.56. The van der Waals surface area contributed by atoms with E-state index >= 15 is 0 Å². The molecule has 1 aliphatic heterocycles. The number of aromatic carboxylic acids is 1. The molecule has 0 amide bonds. The van der Waals surface area contributed by atoms with Crippen LogP contribution in [0.3, 0.4) is 0 Å². The smallest absolute Gasteiger partial charge is 0.336 e. The fourth-order valence-corrected chi connectivity index (χ4v) is 3.90. The van der Waals surface area contributed by atoms with E-state index in [9.17, 15) is 27.1 Å². The highest BCUT2D eigenvalue weighted by atomic mass is 32.2. The van der Waals surface area contributed by atoms with E-state index in [0.29, 0.717) is 5.69 Å². The molecule has 0 saturated heterocycles. The second-order valence-electron chi connectivity index (χ2n) is 4.84. The summed E-state index contributed by atoms with van der Waals surface area (Å²) < 4.78 is 50.0. The van der Waals surface area contributed by atoms with Crippen LogP contribution in [0.4, 0.5) is 8.78 Å². The number of carboxylic acid groups (broad SMARTS) is 1. The quantitative estimate of drug-likeness (QED) is 0.866. The first-order chi connectivity index (χ1) is 9.78. The minimum Gasteiger partial charge on any atom is -0.478 e. The normalized spacial score (nSPS) is 16.7. The van der Waals surface area contributed by atoms with Crippen LogP contribution in [0.5, 0.6) is 0 Å². The first-order valence-corrected chi connectivity index (χ1v) is 7.85. The molecule has 5 nitrogen and oxygen atoms in total. The van der Waals surface area contributed by atoms with Crippen molar-refractivity contribution >= 4 is 26.7 Å². The van der Waals surface area contributed by atoms with E-state index < -0.39 is 33.2 Å². The van der Waals surface area contributed by atoms with Gasteiger partial charge in [-0.2, -0.15) is 0 Å². The van der Waals surface area contributed by atoms with Crippen LogP contribution >= 0.6 is 0 Å². The third-order valence-electron chi connectivity index (χ3n) is 3.44. The molecule has 2 aromatic rings. The Morgan fingerprint density at radius 3 is 2.57 bits per heavy atom. The van der Waals surface area contributed by atoms with Gasteiger partial charge < -0.3 is 5.11 Å². The van der Waals surface area contributed by atoms with Gasteiger partial charge in [0.25, 0.3) is 0 Å². The van der Waals surface area contributed by atoms with E-state index in [4.69, 9.17) is 0 Å². The predicted octanol–water partition coefficient (Wildman–Crippen LogP) is 1.68. The first-order valence-electron chi connectivity index (χ1n) is 6.03. The number of aromatic nitrogens is 1. The highest BCUT2D eigenvalue weighted by Crippen LogP contribution is 2.30. The van der Waals surface area contributed by atoms with Gasteiger partial charge in [-0.1, -0.05) is 0 Å². The van der Waals surface area contributed by atoms with E-state index in [1.807, 2.05) is 0 Å². The molecular weight excluding hydrogens is 304 g/mol. The molecule has 0 saturated carbocycles. The zero-order valence-electron chi connectivity index (χ0n) is 10.6. The maximum Gasteiger partial charge on any atom is 0.336 e. The van der Waals surface area contributed by atoms with Crippen LogP contribution in [0, 0.1) is 11.6 Å². The summed E-state index contributed by atoms with van der Waals surface area (Å²) in [5, 5.41) is 9.23. The Bertz CT molecular complexity index is 893. The number of fused-ring (bicyclic) bond motifs is 2. The Kier molecular flexibility index (Phi) is 2.94. The number of sulfone groups is 1.